The lowest BCUT2D eigenvalue weighted by molar-refractivity contribution is 0.0953. The van der Waals surface area contributed by atoms with Crippen molar-refractivity contribution in [1.29, 1.82) is 0 Å². The Hall–Kier alpha value is -2.07. The van der Waals surface area contributed by atoms with E-state index in [1.807, 2.05) is 0 Å². The fourth-order valence-electron chi connectivity index (χ4n) is 1.44. The number of rotatable bonds is 6. The summed E-state index contributed by atoms with van der Waals surface area (Å²) in [6, 6.07) is 4.26. The molecule has 0 fully saturated rings. The van der Waals surface area contributed by atoms with E-state index in [0.717, 1.165) is 12.8 Å². The van der Waals surface area contributed by atoms with E-state index in [-0.39, 0.29) is 11.7 Å². The third kappa shape index (κ3) is 4.43. The highest BCUT2D eigenvalue weighted by Crippen LogP contribution is 2.09. The summed E-state index contributed by atoms with van der Waals surface area (Å²) >= 11 is 0. The molecule has 0 saturated heterocycles. The molecule has 0 aliphatic carbocycles. The fourth-order valence-corrected chi connectivity index (χ4v) is 1.44. The molecule has 1 amide bonds. The van der Waals surface area contributed by atoms with E-state index in [0.29, 0.717) is 24.2 Å². The molecule has 1 N–H and O–H groups in total. The van der Waals surface area contributed by atoms with E-state index in [4.69, 9.17) is 5.53 Å². The van der Waals surface area contributed by atoms with Crippen molar-refractivity contribution in [1.82, 2.24) is 5.32 Å². The molecule has 96 valence electrons. The zero-order valence-corrected chi connectivity index (χ0v) is 10.2. The largest absolute Gasteiger partial charge is 0.352 e. The minimum absolute atomic E-state index is 0.220. The summed E-state index contributed by atoms with van der Waals surface area (Å²) in [7, 11) is 0. The van der Waals surface area contributed by atoms with E-state index in [9.17, 15) is 9.18 Å². The Bertz CT molecular complexity index is 469. The molecule has 0 heterocycles. The molecule has 0 radical (unpaired) electrons. The summed E-state index contributed by atoms with van der Waals surface area (Å²) in [4.78, 5) is 14.3. The Kier molecular flexibility index (Phi) is 5.67. The molecule has 0 spiro atoms. The molecular weight excluding hydrogens is 235 g/mol. The van der Waals surface area contributed by atoms with Gasteiger partial charge in [-0.15, -0.1) is 0 Å². The number of hydrogen-bond donors (Lipinski definition) is 1. The van der Waals surface area contributed by atoms with Crippen LogP contribution in [0.2, 0.25) is 0 Å². The lowest BCUT2D eigenvalue weighted by Crippen LogP contribution is -2.24. The van der Waals surface area contributed by atoms with Crippen molar-refractivity contribution in [3.05, 3.63) is 45.6 Å². The van der Waals surface area contributed by atoms with E-state index < -0.39 is 0 Å². The SMILES string of the molecule is Cc1cc(C(=O)NCCCCN=[N+]=[N-])ccc1F. The zero-order valence-electron chi connectivity index (χ0n) is 10.2. The Morgan fingerprint density at radius 3 is 2.94 bits per heavy atom. The molecule has 0 atom stereocenters. The normalized spacial score (nSPS) is 9.67. The van der Waals surface area contributed by atoms with Gasteiger partial charge in [0.05, 0.1) is 0 Å². The van der Waals surface area contributed by atoms with Crippen LogP contribution >= 0.6 is 0 Å². The van der Waals surface area contributed by atoms with Gasteiger partial charge in [0.15, 0.2) is 0 Å². The first-order valence-electron chi connectivity index (χ1n) is 5.70. The van der Waals surface area contributed by atoms with Crippen LogP contribution in [0.3, 0.4) is 0 Å². The molecule has 0 bridgehead atoms. The number of amides is 1. The average molecular weight is 250 g/mol. The number of unbranched alkanes of at least 4 members (excludes halogenated alkanes) is 1. The number of azide groups is 1. The number of hydrogen-bond acceptors (Lipinski definition) is 2. The summed E-state index contributed by atoms with van der Waals surface area (Å²) in [5.74, 6) is -0.539. The lowest BCUT2D eigenvalue weighted by atomic mass is 10.1. The van der Waals surface area contributed by atoms with Gasteiger partial charge < -0.3 is 5.32 Å². The number of carbonyl (C=O) groups is 1. The molecule has 0 aliphatic rings. The second-order valence-corrected chi connectivity index (χ2v) is 3.88. The van der Waals surface area contributed by atoms with Crippen LogP contribution in [0.15, 0.2) is 23.3 Å². The minimum atomic E-state index is -0.319. The van der Waals surface area contributed by atoms with Crippen LogP contribution in [0.25, 0.3) is 10.4 Å². The maximum Gasteiger partial charge on any atom is 0.251 e. The first-order chi connectivity index (χ1) is 8.65. The highest BCUT2D eigenvalue weighted by atomic mass is 19.1. The summed E-state index contributed by atoms with van der Waals surface area (Å²) < 4.78 is 13.0. The maximum absolute atomic E-state index is 13.0. The van der Waals surface area contributed by atoms with E-state index in [2.05, 4.69) is 15.3 Å². The third-order valence-corrected chi connectivity index (χ3v) is 2.45. The topological polar surface area (TPSA) is 77.9 Å². The molecule has 0 unspecified atom stereocenters. The predicted molar refractivity (Wildman–Crippen MR) is 66.7 cm³/mol. The summed E-state index contributed by atoms with van der Waals surface area (Å²) in [5.41, 5.74) is 8.96. The molecule has 1 rings (SSSR count). The van der Waals surface area contributed by atoms with Crippen LogP contribution in [0.1, 0.15) is 28.8 Å². The predicted octanol–water partition coefficient (Wildman–Crippen LogP) is 2.95. The summed E-state index contributed by atoms with van der Waals surface area (Å²) in [6.07, 6.45) is 1.47. The molecule has 18 heavy (non-hydrogen) atoms. The lowest BCUT2D eigenvalue weighted by Gasteiger charge is -2.05. The smallest absolute Gasteiger partial charge is 0.251 e. The monoisotopic (exact) mass is 250 g/mol. The summed E-state index contributed by atoms with van der Waals surface area (Å²) in [6.45, 7) is 2.56. The zero-order chi connectivity index (χ0) is 13.4. The van der Waals surface area contributed by atoms with Gasteiger partial charge in [0, 0.05) is 23.6 Å². The Labute approximate surface area is 105 Å². The van der Waals surface area contributed by atoms with Gasteiger partial charge >= 0.3 is 0 Å². The van der Waals surface area contributed by atoms with Gasteiger partial charge in [0.1, 0.15) is 5.82 Å². The van der Waals surface area contributed by atoms with Crippen LogP contribution in [0, 0.1) is 12.7 Å². The highest BCUT2D eigenvalue weighted by Gasteiger charge is 2.06. The number of carbonyl (C=O) groups excluding carboxylic acids is 1. The van der Waals surface area contributed by atoms with Crippen molar-refractivity contribution in [3.63, 3.8) is 0 Å². The number of halogens is 1. The molecule has 0 saturated carbocycles. The van der Waals surface area contributed by atoms with Gasteiger partial charge in [-0.1, -0.05) is 5.11 Å². The van der Waals surface area contributed by atoms with Gasteiger partial charge in [0.25, 0.3) is 5.91 Å². The molecule has 1 aromatic carbocycles. The van der Waals surface area contributed by atoms with Crippen molar-refractivity contribution in [2.75, 3.05) is 13.1 Å². The summed E-state index contributed by atoms with van der Waals surface area (Å²) in [5, 5.41) is 6.12. The molecule has 1 aromatic rings. The van der Waals surface area contributed by atoms with Crippen molar-refractivity contribution in [3.8, 4) is 0 Å². The van der Waals surface area contributed by atoms with Crippen LogP contribution in [0.4, 0.5) is 4.39 Å². The van der Waals surface area contributed by atoms with Crippen molar-refractivity contribution in [2.45, 2.75) is 19.8 Å². The maximum atomic E-state index is 13.0. The average Bonchev–Trinajstić information content (AvgIpc) is 2.36. The van der Waals surface area contributed by atoms with Crippen molar-refractivity contribution in [2.24, 2.45) is 5.11 Å². The van der Waals surface area contributed by atoms with Gasteiger partial charge in [0.2, 0.25) is 0 Å². The molecule has 5 nitrogen and oxygen atoms in total. The van der Waals surface area contributed by atoms with Gasteiger partial charge in [-0.3, -0.25) is 4.79 Å². The first kappa shape index (κ1) is 14.0. The molecule has 6 heteroatoms. The van der Waals surface area contributed by atoms with Gasteiger partial charge in [-0.05, 0) is 49.1 Å². The number of nitrogens with one attached hydrogen (secondary N) is 1. The Balaban J connectivity index is 2.36. The number of nitrogens with zero attached hydrogens (tertiary/aromatic N) is 3. The van der Waals surface area contributed by atoms with E-state index >= 15 is 0 Å². The van der Waals surface area contributed by atoms with Crippen molar-refractivity contribution < 1.29 is 9.18 Å². The van der Waals surface area contributed by atoms with Gasteiger partial charge in [-0.2, -0.15) is 0 Å². The van der Waals surface area contributed by atoms with E-state index in [1.165, 1.54) is 18.2 Å². The number of benzene rings is 1. The Morgan fingerprint density at radius 1 is 1.50 bits per heavy atom. The van der Waals surface area contributed by atoms with Gasteiger partial charge in [-0.25, -0.2) is 4.39 Å². The van der Waals surface area contributed by atoms with Crippen LogP contribution < -0.4 is 5.32 Å². The molecule has 0 aromatic heterocycles. The minimum Gasteiger partial charge on any atom is -0.352 e. The van der Waals surface area contributed by atoms with Crippen LogP contribution in [-0.2, 0) is 0 Å². The van der Waals surface area contributed by atoms with E-state index in [1.54, 1.807) is 6.92 Å². The standard InChI is InChI=1S/C12H15FN4O/c1-9-8-10(4-5-11(9)13)12(18)15-6-2-3-7-16-17-14/h4-5,8H,2-3,6-7H2,1H3,(H,15,18). The van der Waals surface area contributed by atoms with Crippen LogP contribution in [-0.4, -0.2) is 19.0 Å². The second-order valence-electron chi connectivity index (χ2n) is 3.88. The quantitative estimate of drug-likeness (QED) is 0.358. The first-order valence-corrected chi connectivity index (χ1v) is 5.70. The fraction of sp³-hybridized carbons (Fsp3) is 0.417. The Morgan fingerprint density at radius 2 is 2.28 bits per heavy atom. The number of aryl methyl sites for hydroxylation is 1. The second kappa shape index (κ2) is 7.29. The molecule has 0 aliphatic heterocycles. The molecular formula is C12H15FN4O. The van der Waals surface area contributed by atoms with Crippen LogP contribution in [0.5, 0.6) is 0 Å². The highest BCUT2D eigenvalue weighted by molar-refractivity contribution is 5.94. The third-order valence-electron chi connectivity index (χ3n) is 2.45. The van der Waals surface area contributed by atoms with Crippen molar-refractivity contribution >= 4 is 5.91 Å².